The van der Waals surface area contributed by atoms with E-state index in [2.05, 4.69) is 6.07 Å². The molecule has 1 aliphatic rings. The predicted molar refractivity (Wildman–Crippen MR) is 204 cm³/mol. The monoisotopic (exact) mass is 698 g/mol. The van der Waals surface area contributed by atoms with Crippen molar-refractivity contribution in [1.82, 2.24) is 4.57 Å². The molecule has 2 amide bonds. The van der Waals surface area contributed by atoms with Gasteiger partial charge >= 0.3 is 6.18 Å². The highest BCUT2D eigenvalue weighted by atomic mass is 19.4. The third-order valence-corrected chi connectivity index (χ3v) is 9.93. The molecular weight excluding hydrogens is 670 g/mol. The number of aryl methyl sites for hydroxylation is 1. The molecule has 0 fully saturated rings. The zero-order valence-electron chi connectivity index (χ0n) is 28.4. The summed E-state index contributed by atoms with van der Waals surface area (Å²) < 4.78 is 43.2. The summed E-state index contributed by atoms with van der Waals surface area (Å²) in [6.07, 6.45) is -4.47. The van der Waals surface area contributed by atoms with Crippen molar-refractivity contribution < 1.29 is 22.8 Å². The molecule has 0 radical (unpaired) electrons. The van der Waals surface area contributed by atoms with E-state index in [0.717, 1.165) is 50.1 Å². The first-order valence-corrected chi connectivity index (χ1v) is 17.2. The van der Waals surface area contributed by atoms with Gasteiger partial charge in [0.2, 0.25) is 0 Å². The van der Waals surface area contributed by atoms with E-state index in [9.17, 15) is 22.8 Å². The van der Waals surface area contributed by atoms with Gasteiger partial charge in [-0.3, -0.25) is 9.59 Å². The Morgan fingerprint density at radius 3 is 1.79 bits per heavy atom. The molecule has 256 valence electrons. The number of amides is 2. The number of hydrogen-bond donors (Lipinski definition) is 0. The number of fused-ring (bicyclic) bond motifs is 4. The van der Waals surface area contributed by atoms with Crippen LogP contribution in [0.25, 0.3) is 60.9 Å². The van der Waals surface area contributed by atoms with Gasteiger partial charge in [0.05, 0.1) is 39.1 Å². The normalized spacial score (nSPS) is 12.9. The molecule has 7 heteroatoms. The van der Waals surface area contributed by atoms with Crippen LogP contribution in [0.5, 0.6) is 0 Å². The maximum atomic E-state index is 14.7. The average Bonchev–Trinajstić information content (AvgIpc) is 3.64. The van der Waals surface area contributed by atoms with Crippen LogP contribution in [0.1, 0.15) is 31.8 Å². The number of carbonyl (C=O) groups excluding carboxylic acids is 2. The Morgan fingerprint density at radius 2 is 1.11 bits per heavy atom. The van der Waals surface area contributed by atoms with Gasteiger partial charge in [-0.05, 0) is 107 Å². The van der Waals surface area contributed by atoms with Crippen LogP contribution in [-0.2, 0) is 6.18 Å². The fourth-order valence-electron chi connectivity index (χ4n) is 7.55. The first kappa shape index (κ1) is 32.2. The standard InChI is InChI=1S/C46H29F3N2O2/c1-28-21-32(24-35(22-28)46(47,48)49)31-19-20-41-39(27-31)37-15-8-9-17-40(37)51(41)42-18-10-16-38-43(42)45(53)50(44(38)52)36-25-33(29-11-4-2-5-12-29)23-34(26-36)30-13-6-3-7-14-30/h2-27H,1H3. The van der Waals surface area contributed by atoms with Crippen LogP contribution in [0.15, 0.2) is 158 Å². The number of rotatable bonds is 5. The molecule has 7 aromatic carbocycles. The third-order valence-electron chi connectivity index (χ3n) is 9.93. The van der Waals surface area contributed by atoms with Crippen molar-refractivity contribution in [1.29, 1.82) is 0 Å². The summed E-state index contributed by atoms with van der Waals surface area (Å²) >= 11 is 0. The third kappa shape index (κ3) is 5.40. The number of alkyl halides is 3. The zero-order chi connectivity index (χ0) is 36.4. The summed E-state index contributed by atoms with van der Waals surface area (Å²) in [7, 11) is 0. The van der Waals surface area contributed by atoms with Crippen molar-refractivity contribution in [2.24, 2.45) is 0 Å². The summed E-state index contributed by atoms with van der Waals surface area (Å²) in [5, 5.41) is 1.67. The second kappa shape index (κ2) is 12.2. The Balaban J connectivity index is 1.20. The van der Waals surface area contributed by atoms with Gasteiger partial charge in [0.1, 0.15) is 0 Å². The number of para-hydroxylation sites is 1. The van der Waals surface area contributed by atoms with Crippen molar-refractivity contribution in [3.05, 3.63) is 180 Å². The molecule has 9 rings (SSSR count). The minimum absolute atomic E-state index is 0.282. The maximum Gasteiger partial charge on any atom is 0.416 e. The molecule has 0 unspecified atom stereocenters. The van der Waals surface area contributed by atoms with Gasteiger partial charge in [-0.25, -0.2) is 4.90 Å². The Morgan fingerprint density at radius 1 is 0.491 bits per heavy atom. The van der Waals surface area contributed by atoms with Crippen LogP contribution < -0.4 is 4.90 Å². The highest BCUT2D eigenvalue weighted by Gasteiger charge is 2.40. The van der Waals surface area contributed by atoms with E-state index in [1.165, 1.54) is 11.0 Å². The molecule has 8 aromatic rings. The number of imide groups is 1. The lowest BCUT2D eigenvalue weighted by molar-refractivity contribution is -0.137. The van der Waals surface area contributed by atoms with E-state index in [0.29, 0.717) is 33.6 Å². The largest absolute Gasteiger partial charge is 0.416 e. The zero-order valence-corrected chi connectivity index (χ0v) is 28.4. The van der Waals surface area contributed by atoms with Crippen LogP contribution in [-0.4, -0.2) is 16.4 Å². The molecule has 2 heterocycles. The van der Waals surface area contributed by atoms with Crippen LogP contribution in [0.2, 0.25) is 0 Å². The number of halogens is 3. The molecule has 53 heavy (non-hydrogen) atoms. The van der Waals surface area contributed by atoms with Crippen molar-refractivity contribution in [3.8, 4) is 39.1 Å². The minimum Gasteiger partial charge on any atom is -0.308 e. The smallest absolute Gasteiger partial charge is 0.308 e. The van der Waals surface area contributed by atoms with Gasteiger partial charge in [-0.1, -0.05) is 97.1 Å². The molecule has 1 aromatic heterocycles. The van der Waals surface area contributed by atoms with Crippen molar-refractivity contribution in [2.75, 3.05) is 4.90 Å². The average molecular weight is 699 g/mol. The summed E-state index contributed by atoms with van der Waals surface area (Å²) in [6.45, 7) is 1.65. The lowest BCUT2D eigenvalue weighted by Gasteiger charge is -2.18. The van der Waals surface area contributed by atoms with Crippen molar-refractivity contribution in [3.63, 3.8) is 0 Å². The first-order valence-electron chi connectivity index (χ1n) is 17.2. The molecular formula is C46H29F3N2O2. The second-order valence-corrected chi connectivity index (χ2v) is 13.3. The highest BCUT2D eigenvalue weighted by Crippen LogP contribution is 2.41. The molecule has 1 aliphatic heterocycles. The topological polar surface area (TPSA) is 42.3 Å². The molecule has 0 saturated heterocycles. The van der Waals surface area contributed by atoms with Gasteiger partial charge in [0.25, 0.3) is 11.8 Å². The van der Waals surface area contributed by atoms with E-state index in [1.807, 2.05) is 120 Å². The van der Waals surface area contributed by atoms with Crippen LogP contribution in [0.4, 0.5) is 18.9 Å². The summed E-state index contributed by atoms with van der Waals surface area (Å²) in [5.41, 5.74) is 7.67. The number of nitrogens with zero attached hydrogens (tertiary/aromatic N) is 2. The molecule has 0 aliphatic carbocycles. The molecule has 0 saturated carbocycles. The highest BCUT2D eigenvalue weighted by molar-refractivity contribution is 6.36. The van der Waals surface area contributed by atoms with E-state index in [1.54, 1.807) is 31.2 Å². The molecule has 0 bridgehead atoms. The van der Waals surface area contributed by atoms with Crippen LogP contribution >= 0.6 is 0 Å². The van der Waals surface area contributed by atoms with E-state index >= 15 is 0 Å². The summed E-state index contributed by atoms with van der Waals surface area (Å²) in [4.78, 5) is 30.2. The Hall–Kier alpha value is -6.73. The Bertz CT molecular complexity index is 2710. The van der Waals surface area contributed by atoms with E-state index in [-0.39, 0.29) is 5.56 Å². The minimum atomic E-state index is -4.47. The number of carbonyl (C=O) groups is 2. The maximum absolute atomic E-state index is 14.7. The lowest BCUT2D eigenvalue weighted by atomic mass is 9.97. The van der Waals surface area contributed by atoms with Crippen LogP contribution in [0.3, 0.4) is 0 Å². The number of hydrogen-bond acceptors (Lipinski definition) is 2. The fourth-order valence-corrected chi connectivity index (χ4v) is 7.55. The van der Waals surface area contributed by atoms with Gasteiger partial charge in [-0.2, -0.15) is 13.2 Å². The summed E-state index contributed by atoms with van der Waals surface area (Å²) in [6, 6.07) is 48.1. The number of benzene rings is 7. The predicted octanol–water partition coefficient (Wildman–Crippen LogP) is 11.9. The lowest BCUT2D eigenvalue weighted by Crippen LogP contribution is -2.29. The number of anilines is 1. The van der Waals surface area contributed by atoms with E-state index < -0.39 is 23.6 Å². The summed E-state index contributed by atoms with van der Waals surface area (Å²) in [5.74, 6) is -0.856. The first-order chi connectivity index (χ1) is 25.7. The molecule has 0 N–H and O–H groups in total. The van der Waals surface area contributed by atoms with Crippen molar-refractivity contribution in [2.45, 2.75) is 13.1 Å². The van der Waals surface area contributed by atoms with Gasteiger partial charge < -0.3 is 4.57 Å². The van der Waals surface area contributed by atoms with Crippen LogP contribution in [0, 0.1) is 6.92 Å². The van der Waals surface area contributed by atoms with Crippen molar-refractivity contribution >= 4 is 39.3 Å². The SMILES string of the molecule is Cc1cc(-c2ccc3c(c2)c2ccccc2n3-c2cccc3c2C(=O)N(c2cc(-c4ccccc4)cc(-c4ccccc4)c2)C3=O)cc(C(F)(F)F)c1. The van der Waals surface area contributed by atoms with E-state index in [4.69, 9.17) is 0 Å². The second-order valence-electron chi connectivity index (χ2n) is 13.3. The van der Waals surface area contributed by atoms with Gasteiger partial charge in [0, 0.05) is 10.8 Å². The fraction of sp³-hybridized carbons (Fsp3) is 0.0435. The molecule has 0 spiro atoms. The number of aromatic nitrogens is 1. The Labute approximate surface area is 303 Å². The van der Waals surface area contributed by atoms with Gasteiger partial charge in [0.15, 0.2) is 0 Å². The quantitative estimate of drug-likeness (QED) is 0.168. The molecule has 0 atom stereocenters. The van der Waals surface area contributed by atoms with Gasteiger partial charge in [-0.15, -0.1) is 0 Å². The Kier molecular flexibility index (Phi) is 7.41. The molecule has 4 nitrogen and oxygen atoms in total.